The van der Waals surface area contributed by atoms with E-state index in [-0.39, 0.29) is 12.2 Å². The number of nitrogens with two attached hydrogens (primary N) is 1. The minimum absolute atomic E-state index is 0.104. The number of ether oxygens (including phenoxy) is 1. The van der Waals surface area contributed by atoms with Crippen LogP contribution in [0.25, 0.3) is 0 Å². The quantitative estimate of drug-likeness (QED) is 0.837. The Labute approximate surface area is 136 Å². The Kier molecular flexibility index (Phi) is 6.06. The van der Waals surface area contributed by atoms with Crippen LogP contribution in [0, 0.1) is 5.92 Å². The lowest BCUT2D eigenvalue weighted by Gasteiger charge is -2.31. The molecule has 1 aliphatic rings. The first-order valence-electron chi connectivity index (χ1n) is 7.58. The fourth-order valence-electron chi connectivity index (χ4n) is 2.60. The maximum atomic E-state index is 11.4. The highest BCUT2D eigenvalue weighted by Crippen LogP contribution is 2.23. The van der Waals surface area contributed by atoms with Crippen LogP contribution in [-0.4, -0.2) is 48.3 Å². The van der Waals surface area contributed by atoms with E-state index in [2.05, 4.69) is 11.8 Å². The number of halogens is 1. The highest BCUT2D eigenvalue weighted by Gasteiger charge is 2.19. The van der Waals surface area contributed by atoms with Crippen LogP contribution in [0.15, 0.2) is 18.2 Å². The van der Waals surface area contributed by atoms with E-state index in [0.717, 1.165) is 31.8 Å². The van der Waals surface area contributed by atoms with Crippen molar-refractivity contribution in [2.45, 2.75) is 25.9 Å². The van der Waals surface area contributed by atoms with E-state index < -0.39 is 12.0 Å². The number of hydrogen-bond acceptors (Lipinski definition) is 4. The predicted molar refractivity (Wildman–Crippen MR) is 86.3 cm³/mol. The second-order valence-corrected chi connectivity index (χ2v) is 6.39. The summed E-state index contributed by atoms with van der Waals surface area (Å²) in [6.45, 7) is 4.93. The van der Waals surface area contributed by atoms with Gasteiger partial charge in [-0.05, 0) is 50.0 Å². The Morgan fingerprint density at radius 1 is 1.50 bits per heavy atom. The molecule has 1 unspecified atom stereocenters. The molecule has 122 valence electrons. The van der Waals surface area contributed by atoms with Crippen molar-refractivity contribution in [2.75, 3.05) is 26.2 Å². The molecule has 0 spiro atoms. The molecule has 0 bridgehead atoms. The summed E-state index contributed by atoms with van der Waals surface area (Å²) in [4.78, 5) is 13.6. The van der Waals surface area contributed by atoms with Gasteiger partial charge in [0.05, 0.1) is 5.56 Å². The summed E-state index contributed by atoms with van der Waals surface area (Å²) < 4.78 is 5.54. The third-order valence-electron chi connectivity index (χ3n) is 3.99. The maximum absolute atomic E-state index is 11.4. The zero-order valence-corrected chi connectivity index (χ0v) is 13.6. The van der Waals surface area contributed by atoms with E-state index in [1.807, 2.05) is 0 Å². The summed E-state index contributed by atoms with van der Waals surface area (Å²) in [6, 6.07) is 4.65. The number of aliphatic hydroxyl groups excluding tert-OH is 1. The highest BCUT2D eigenvalue weighted by molar-refractivity contribution is 6.30. The molecule has 3 N–H and O–H groups in total. The van der Waals surface area contributed by atoms with Crippen LogP contribution < -0.4 is 10.5 Å². The smallest absolute Gasteiger partial charge is 0.252 e. The standard InChI is InChI=1S/C16H23ClN2O3/c1-11-4-6-19(7-5-11)9-13(20)10-22-15-8-12(17)2-3-14(15)16(18)21/h2-3,8,11,13,20H,4-7,9-10H2,1H3,(H2,18,21). The molecule has 1 fully saturated rings. The molecule has 0 aliphatic carbocycles. The fourth-order valence-corrected chi connectivity index (χ4v) is 2.76. The van der Waals surface area contributed by atoms with Gasteiger partial charge >= 0.3 is 0 Å². The molecule has 1 aromatic rings. The summed E-state index contributed by atoms with van der Waals surface area (Å²) in [5.41, 5.74) is 5.57. The lowest BCUT2D eigenvalue weighted by atomic mass is 9.99. The monoisotopic (exact) mass is 326 g/mol. The van der Waals surface area contributed by atoms with Gasteiger partial charge in [-0.1, -0.05) is 18.5 Å². The summed E-state index contributed by atoms with van der Waals surface area (Å²) in [6.07, 6.45) is 1.70. The lowest BCUT2D eigenvalue weighted by Crippen LogP contribution is -2.40. The van der Waals surface area contributed by atoms with Gasteiger partial charge in [0, 0.05) is 11.6 Å². The molecule has 22 heavy (non-hydrogen) atoms. The number of rotatable bonds is 6. The van der Waals surface area contributed by atoms with Crippen molar-refractivity contribution < 1.29 is 14.6 Å². The minimum atomic E-state index is -0.617. The first kappa shape index (κ1) is 17.1. The Balaban J connectivity index is 1.87. The van der Waals surface area contributed by atoms with Crippen LogP contribution in [0.3, 0.4) is 0 Å². The van der Waals surface area contributed by atoms with Gasteiger partial charge in [-0.2, -0.15) is 0 Å². The fraction of sp³-hybridized carbons (Fsp3) is 0.562. The highest BCUT2D eigenvalue weighted by atomic mass is 35.5. The van der Waals surface area contributed by atoms with Crippen molar-refractivity contribution in [3.05, 3.63) is 28.8 Å². The zero-order valence-electron chi connectivity index (χ0n) is 12.8. The zero-order chi connectivity index (χ0) is 16.1. The number of likely N-dealkylation sites (tertiary alicyclic amines) is 1. The average Bonchev–Trinajstić information content (AvgIpc) is 2.47. The van der Waals surface area contributed by atoms with Crippen LogP contribution in [0.1, 0.15) is 30.1 Å². The van der Waals surface area contributed by atoms with E-state index >= 15 is 0 Å². The number of benzene rings is 1. The average molecular weight is 327 g/mol. The van der Waals surface area contributed by atoms with Gasteiger partial charge < -0.3 is 20.5 Å². The summed E-state index contributed by atoms with van der Waals surface area (Å²) in [5.74, 6) is 0.492. The SMILES string of the molecule is CC1CCN(CC(O)COc2cc(Cl)ccc2C(N)=O)CC1. The summed E-state index contributed by atoms with van der Waals surface area (Å²) in [7, 11) is 0. The van der Waals surface area contributed by atoms with Crippen molar-refractivity contribution >= 4 is 17.5 Å². The first-order chi connectivity index (χ1) is 10.5. The molecule has 0 aromatic heterocycles. The van der Waals surface area contributed by atoms with E-state index in [9.17, 15) is 9.90 Å². The second kappa shape index (κ2) is 7.81. The molecular formula is C16H23ClN2O3. The molecule has 1 aliphatic heterocycles. The number of hydrogen-bond donors (Lipinski definition) is 2. The normalized spacial score (nSPS) is 18.1. The van der Waals surface area contributed by atoms with Gasteiger partial charge in [-0.25, -0.2) is 0 Å². The molecule has 6 heteroatoms. The van der Waals surface area contributed by atoms with Gasteiger partial charge in [-0.3, -0.25) is 4.79 Å². The molecule has 0 saturated carbocycles. The molecule has 1 aromatic carbocycles. The van der Waals surface area contributed by atoms with Gasteiger partial charge in [-0.15, -0.1) is 0 Å². The third kappa shape index (κ3) is 4.87. The predicted octanol–water partition coefficient (Wildman–Crippen LogP) is 1.91. The molecule has 1 heterocycles. The largest absolute Gasteiger partial charge is 0.490 e. The number of piperidine rings is 1. The molecule has 5 nitrogen and oxygen atoms in total. The van der Waals surface area contributed by atoms with Crippen LogP contribution in [0.5, 0.6) is 5.75 Å². The van der Waals surface area contributed by atoms with Crippen LogP contribution in [0.4, 0.5) is 0 Å². The number of primary amides is 1. The Morgan fingerprint density at radius 2 is 2.18 bits per heavy atom. The Bertz CT molecular complexity index is 516. The van der Waals surface area contributed by atoms with Crippen molar-refractivity contribution in [2.24, 2.45) is 11.7 Å². The van der Waals surface area contributed by atoms with Crippen molar-refractivity contribution in [1.82, 2.24) is 4.90 Å². The number of amides is 1. The molecule has 1 atom stereocenters. The van der Waals surface area contributed by atoms with Crippen LogP contribution >= 0.6 is 11.6 Å². The van der Waals surface area contributed by atoms with E-state index in [4.69, 9.17) is 22.1 Å². The van der Waals surface area contributed by atoms with E-state index in [1.165, 1.54) is 12.1 Å². The van der Waals surface area contributed by atoms with E-state index in [1.54, 1.807) is 6.07 Å². The molecular weight excluding hydrogens is 304 g/mol. The maximum Gasteiger partial charge on any atom is 0.252 e. The topological polar surface area (TPSA) is 75.8 Å². The van der Waals surface area contributed by atoms with Gasteiger partial charge in [0.15, 0.2) is 0 Å². The van der Waals surface area contributed by atoms with Crippen molar-refractivity contribution in [3.63, 3.8) is 0 Å². The second-order valence-electron chi connectivity index (χ2n) is 5.95. The van der Waals surface area contributed by atoms with E-state index in [0.29, 0.717) is 17.3 Å². The number of nitrogens with zero attached hydrogens (tertiary/aromatic N) is 1. The lowest BCUT2D eigenvalue weighted by molar-refractivity contribution is 0.0558. The third-order valence-corrected chi connectivity index (χ3v) is 4.22. The molecule has 1 amide bonds. The minimum Gasteiger partial charge on any atom is -0.490 e. The molecule has 2 rings (SSSR count). The van der Waals surface area contributed by atoms with Crippen LogP contribution in [0.2, 0.25) is 5.02 Å². The first-order valence-corrected chi connectivity index (χ1v) is 7.96. The summed E-state index contributed by atoms with van der Waals surface area (Å²) in [5, 5.41) is 10.6. The van der Waals surface area contributed by atoms with Gasteiger partial charge in [0.2, 0.25) is 0 Å². The van der Waals surface area contributed by atoms with Crippen molar-refractivity contribution in [3.8, 4) is 5.75 Å². The summed E-state index contributed by atoms with van der Waals surface area (Å²) >= 11 is 5.90. The molecule has 1 saturated heterocycles. The van der Waals surface area contributed by atoms with Gasteiger partial charge in [0.1, 0.15) is 18.5 Å². The number of β-amino-alcohol motifs (C(OH)–C–C–N with tert-alkyl or cyclic N) is 1. The number of carbonyl (C=O) groups is 1. The van der Waals surface area contributed by atoms with Gasteiger partial charge in [0.25, 0.3) is 5.91 Å². The number of aliphatic hydroxyl groups is 1. The number of carbonyl (C=O) groups excluding carboxylic acids is 1. The Morgan fingerprint density at radius 3 is 2.82 bits per heavy atom. The Hall–Kier alpha value is -1.30. The molecule has 0 radical (unpaired) electrons. The van der Waals surface area contributed by atoms with Crippen molar-refractivity contribution in [1.29, 1.82) is 0 Å². The van der Waals surface area contributed by atoms with Crippen LogP contribution in [-0.2, 0) is 0 Å².